The van der Waals surface area contributed by atoms with E-state index in [1.165, 1.54) is 12.8 Å². The van der Waals surface area contributed by atoms with Crippen LogP contribution in [0.25, 0.3) is 10.9 Å². The van der Waals surface area contributed by atoms with Crippen LogP contribution in [0.4, 0.5) is 0 Å². The van der Waals surface area contributed by atoms with Gasteiger partial charge in [0.2, 0.25) is 0 Å². The third kappa shape index (κ3) is 3.64. The van der Waals surface area contributed by atoms with Gasteiger partial charge in [-0.25, -0.2) is 0 Å². The van der Waals surface area contributed by atoms with Crippen molar-refractivity contribution in [2.24, 2.45) is 5.92 Å². The summed E-state index contributed by atoms with van der Waals surface area (Å²) in [5.74, 6) is -1.63. The number of aromatic nitrogens is 1. The number of fused-ring (bicyclic) bond motifs is 1. The number of ketones is 2. The van der Waals surface area contributed by atoms with Crippen molar-refractivity contribution in [2.45, 2.75) is 44.3 Å². The smallest absolute Gasteiger partial charge is 0.189 e. The quantitative estimate of drug-likeness (QED) is 0.594. The summed E-state index contributed by atoms with van der Waals surface area (Å²) in [6, 6.07) is 7.72. The van der Waals surface area contributed by atoms with Crippen LogP contribution in [0.15, 0.2) is 24.4 Å². The molecule has 1 saturated carbocycles. The fourth-order valence-corrected chi connectivity index (χ4v) is 4.72. The largest absolute Gasteiger partial charge is 0.360 e. The van der Waals surface area contributed by atoms with E-state index >= 15 is 0 Å². The minimum atomic E-state index is -1.21. The van der Waals surface area contributed by atoms with Crippen LogP contribution in [0.3, 0.4) is 0 Å². The number of carbonyl (C=O) groups is 2. The number of H-pyrrole nitrogens is 1. The van der Waals surface area contributed by atoms with E-state index < -0.39 is 5.92 Å². The van der Waals surface area contributed by atoms with Crippen LogP contribution in [-0.2, 0) is 11.2 Å². The Hall–Kier alpha value is -2.06. The number of carbonyl (C=O) groups excluding carboxylic acids is 2. The van der Waals surface area contributed by atoms with E-state index in [1.54, 1.807) is 18.0 Å². The zero-order chi connectivity index (χ0) is 17.8. The van der Waals surface area contributed by atoms with Crippen molar-refractivity contribution in [1.29, 1.82) is 5.26 Å². The number of nitrogens with zero attached hydrogens (tertiary/aromatic N) is 1. The molecule has 0 spiro atoms. The van der Waals surface area contributed by atoms with Gasteiger partial charge >= 0.3 is 0 Å². The maximum atomic E-state index is 12.8. The van der Waals surface area contributed by atoms with Gasteiger partial charge in [-0.15, -0.1) is 0 Å². The molecule has 130 valence electrons. The molecule has 1 aromatic carbocycles. The van der Waals surface area contributed by atoms with E-state index in [1.807, 2.05) is 24.3 Å². The summed E-state index contributed by atoms with van der Waals surface area (Å²) >= 11 is 1.60. The van der Waals surface area contributed by atoms with E-state index in [0.717, 1.165) is 35.7 Å². The number of aromatic amines is 1. The van der Waals surface area contributed by atoms with Crippen molar-refractivity contribution in [3.63, 3.8) is 0 Å². The molecule has 0 saturated heterocycles. The van der Waals surface area contributed by atoms with E-state index in [4.69, 9.17) is 0 Å². The van der Waals surface area contributed by atoms with Gasteiger partial charge in [0, 0.05) is 27.9 Å². The van der Waals surface area contributed by atoms with Crippen LogP contribution in [0.2, 0.25) is 0 Å². The highest BCUT2D eigenvalue weighted by molar-refractivity contribution is 8.00. The molecule has 1 aliphatic carbocycles. The van der Waals surface area contributed by atoms with Gasteiger partial charge < -0.3 is 4.98 Å². The first-order valence-corrected chi connectivity index (χ1v) is 9.87. The second kappa shape index (κ2) is 7.88. The van der Waals surface area contributed by atoms with Gasteiger partial charge in [0.15, 0.2) is 17.5 Å². The predicted molar refractivity (Wildman–Crippen MR) is 101 cm³/mol. The molecule has 1 aromatic heterocycles. The molecule has 3 rings (SSSR count). The molecule has 0 radical (unpaired) electrons. The third-order valence-corrected chi connectivity index (χ3v) is 6.32. The number of aryl methyl sites for hydroxylation is 1. The minimum Gasteiger partial charge on any atom is -0.360 e. The van der Waals surface area contributed by atoms with Gasteiger partial charge in [-0.1, -0.05) is 38.0 Å². The number of nitrogens with one attached hydrogen (secondary N) is 1. The maximum Gasteiger partial charge on any atom is 0.189 e. The van der Waals surface area contributed by atoms with E-state index in [2.05, 4.69) is 11.9 Å². The monoisotopic (exact) mass is 354 g/mol. The lowest BCUT2D eigenvalue weighted by molar-refractivity contribution is -0.117. The van der Waals surface area contributed by atoms with Gasteiger partial charge in [-0.05, 0) is 24.8 Å². The summed E-state index contributed by atoms with van der Waals surface area (Å²) in [6.07, 6.45) is 7.16. The topological polar surface area (TPSA) is 73.7 Å². The highest BCUT2D eigenvalue weighted by Crippen LogP contribution is 2.30. The Balaban J connectivity index is 1.78. The van der Waals surface area contributed by atoms with Crippen molar-refractivity contribution < 1.29 is 9.59 Å². The lowest BCUT2D eigenvalue weighted by Gasteiger charge is -2.10. The highest BCUT2D eigenvalue weighted by atomic mass is 32.2. The SMILES string of the molecule is CCc1cccc2c(C(=O)[C@H](C#N)C(=O)CSC3CCCC3)c[nH]c12. The first kappa shape index (κ1) is 17.8. The number of thioether (sulfide) groups is 1. The summed E-state index contributed by atoms with van der Waals surface area (Å²) < 4.78 is 0. The highest BCUT2D eigenvalue weighted by Gasteiger charge is 2.30. The number of nitriles is 1. The van der Waals surface area contributed by atoms with Gasteiger partial charge in [-0.3, -0.25) is 9.59 Å². The van der Waals surface area contributed by atoms with Crippen molar-refractivity contribution in [1.82, 2.24) is 4.98 Å². The molecule has 0 bridgehead atoms. The Labute approximate surface area is 152 Å². The molecule has 5 heteroatoms. The zero-order valence-electron chi connectivity index (χ0n) is 14.4. The van der Waals surface area contributed by atoms with Gasteiger partial charge in [0.25, 0.3) is 0 Å². The minimum absolute atomic E-state index is 0.247. The standard InChI is InChI=1S/C20H22N2O2S/c1-2-13-6-5-9-15-17(11-22-19(13)15)20(24)16(10-21)18(23)12-25-14-7-3-4-8-14/h5-6,9,11,14,16,22H,2-4,7-8,12H2,1H3/t16-/m1/s1. The molecule has 1 aliphatic rings. The van der Waals surface area contributed by atoms with Crippen molar-refractivity contribution in [3.8, 4) is 6.07 Å². The lowest BCUT2D eigenvalue weighted by atomic mass is 9.94. The van der Waals surface area contributed by atoms with Crippen LogP contribution in [0, 0.1) is 17.2 Å². The molecule has 1 heterocycles. The molecule has 1 N–H and O–H groups in total. The summed E-state index contributed by atoms with van der Waals surface area (Å²) in [6.45, 7) is 2.05. The second-order valence-corrected chi connectivity index (χ2v) is 7.79. The summed E-state index contributed by atoms with van der Waals surface area (Å²) in [5.41, 5.74) is 2.47. The number of rotatable bonds is 7. The molecule has 0 unspecified atom stereocenters. The van der Waals surface area contributed by atoms with E-state index in [0.29, 0.717) is 10.8 Å². The van der Waals surface area contributed by atoms with Crippen LogP contribution < -0.4 is 0 Å². The van der Waals surface area contributed by atoms with Gasteiger partial charge in [0.1, 0.15) is 0 Å². The number of hydrogen-bond donors (Lipinski definition) is 1. The van der Waals surface area contributed by atoms with Crippen LogP contribution in [0.1, 0.15) is 48.5 Å². The Morgan fingerprint density at radius 2 is 2.12 bits per heavy atom. The van der Waals surface area contributed by atoms with Crippen molar-refractivity contribution in [3.05, 3.63) is 35.5 Å². The number of benzene rings is 1. The average Bonchev–Trinajstić information content (AvgIpc) is 3.29. The zero-order valence-corrected chi connectivity index (χ0v) is 15.2. The normalized spacial score (nSPS) is 16.0. The molecule has 0 amide bonds. The molecular weight excluding hydrogens is 332 g/mol. The second-order valence-electron chi connectivity index (χ2n) is 6.51. The summed E-state index contributed by atoms with van der Waals surface area (Å²) in [5, 5.41) is 10.7. The van der Waals surface area contributed by atoms with Gasteiger partial charge in [-0.2, -0.15) is 17.0 Å². The maximum absolute atomic E-state index is 12.8. The van der Waals surface area contributed by atoms with Gasteiger partial charge in [0.05, 0.1) is 11.8 Å². The van der Waals surface area contributed by atoms with E-state index in [9.17, 15) is 14.9 Å². The molecule has 25 heavy (non-hydrogen) atoms. The predicted octanol–water partition coefficient (Wildman–Crippen LogP) is 4.30. The molecule has 0 aliphatic heterocycles. The fourth-order valence-electron chi connectivity index (χ4n) is 3.49. The third-order valence-electron chi connectivity index (χ3n) is 4.92. The summed E-state index contributed by atoms with van der Waals surface area (Å²) in [4.78, 5) is 28.4. The summed E-state index contributed by atoms with van der Waals surface area (Å²) in [7, 11) is 0. The average molecular weight is 354 g/mol. The first-order chi connectivity index (χ1) is 12.2. The number of hydrogen-bond acceptors (Lipinski definition) is 4. The van der Waals surface area contributed by atoms with Crippen molar-refractivity contribution >= 4 is 34.2 Å². The Morgan fingerprint density at radius 1 is 1.36 bits per heavy atom. The first-order valence-electron chi connectivity index (χ1n) is 8.82. The van der Waals surface area contributed by atoms with Crippen molar-refractivity contribution in [2.75, 3.05) is 5.75 Å². The van der Waals surface area contributed by atoms with Crippen LogP contribution >= 0.6 is 11.8 Å². The van der Waals surface area contributed by atoms with E-state index in [-0.39, 0.29) is 17.3 Å². The molecule has 4 nitrogen and oxygen atoms in total. The fraction of sp³-hybridized carbons (Fsp3) is 0.450. The molecule has 1 atom stereocenters. The molecular formula is C20H22N2O2S. The Bertz CT molecular complexity index is 828. The lowest BCUT2D eigenvalue weighted by Crippen LogP contribution is -2.25. The number of Topliss-reactive ketones (excluding diaryl/α,β-unsaturated/α-hetero) is 2. The van der Waals surface area contributed by atoms with Crippen LogP contribution in [-0.4, -0.2) is 27.6 Å². The number of para-hydroxylation sites is 1. The molecule has 1 fully saturated rings. The molecule has 2 aromatic rings. The Morgan fingerprint density at radius 3 is 2.80 bits per heavy atom. The Kier molecular flexibility index (Phi) is 5.60. The van der Waals surface area contributed by atoms with Crippen LogP contribution in [0.5, 0.6) is 0 Å².